The van der Waals surface area contributed by atoms with Crippen LogP contribution in [0.2, 0.25) is 12.1 Å². The minimum Gasteiger partial charge on any atom is -0.0623 e. The molecule has 0 aromatic heterocycles. The van der Waals surface area contributed by atoms with Gasteiger partial charge in [0, 0.05) is 0 Å². The quantitative estimate of drug-likeness (QED) is 0.440. The number of fused-ring (bicyclic) bond motifs is 6. The van der Waals surface area contributed by atoms with E-state index in [1.807, 2.05) is 0 Å². The molecule has 144 valence electrons. The lowest BCUT2D eigenvalue weighted by Gasteiger charge is -2.16. The van der Waals surface area contributed by atoms with Crippen LogP contribution in [0.5, 0.6) is 0 Å². The predicted molar refractivity (Wildman–Crippen MR) is 133 cm³/mol. The van der Waals surface area contributed by atoms with E-state index < -0.39 is 17.6 Å². The Bertz CT molecular complexity index is 1190. The van der Waals surface area contributed by atoms with Crippen LogP contribution in [0.25, 0.3) is 22.3 Å². The van der Waals surface area contributed by atoms with Crippen molar-refractivity contribution in [1.29, 1.82) is 0 Å². The molecular formula is C28H24Si2. The van der Waals surface area contributed by atoms with E-state index in [4.69, 9.17) is 0 Å². The van der Waals surface area contributed by atoms with Crippen molar-refractivity contribution in [2.75, 3.05) is 0 Å². The van der Waals surface area contributed by atoms with E-state index in [0.29, 0.717) is 0 Å². The molecule has 30 heavy (non-hydrogen) atoms. The van der Waals surface area contributed by atoms with E-state index in [1.54, 1.807) is 20.7 Å². The Morgan fingerprint density at radius 2 is 0.867 bits per heavy atom. The summed E-state index contributed by atoms with van der Waals surface area (Å²) in [5, 5.41) is 6.54. The highest BCUT2D eigenvalue weighted by Gasteiger charge is 2.35. The molecule has 0 saturated heterocycles. The molecule has 6 rings (SSSR count). The fraction of sp³-hybridized carbons (Fsp3) is 0.143. The van der Waals surface area contributed by atoms with Gasteiger partial charge in [0.05, 0.1) is 0 Å². The Morgan fingerprint density at radius 1 is 0.467 bits per heavy atom. The Balaban J connectivity index is 1.40. The van der Waals surface area contributed by atoms with Crippen molar-refractivity contribution in [1.82, 2.24) is 0 Å². The van der Waals surface area contributed by atoms with Gasteiger partial charge in [-0.3, -0.25) is 0 Å². The largest absolute Gasteiger partial charge is 0.122 e. The molecule has 0 aliphatic carbocycles. The lowest BCUT2D eigenvalue weighted by molar-refractivity contribution is 1.39. The summed E-state index contributed by atoms with van der Waals surface area (Å²) >= 11 is 0. The SMILES string of the molecule is Cc1cccc2c1-c1ccccc1[Si]2CC[Si]1c2ccccc2-c2c(C)cccc21. The second kappa shape index (κ2) is 6.93. The number of benzene rings is 4. The van der Waals surface area contributed by atoms with E-state index in [9.17, 15) is 0 Å². The first-order valence-electron chi connectivity index (χ1n) is 10.8. The standard InChI is InChI=1S/C28H24Si2/c1-19-9-7-15-25-27(19)21-11-3-5-13-23(21)29(25)17-18-30-24-14-6-4-12-22(24)28-20(2)10-8-16-26(28)30/h3-16H,17-18H2,1-2H3. The number of hydrogen-bond donors (Lipinski definition) is 0. The molecule has 0 unspecified atom stereocenters. The van der Waals surface area contributed by atoms with Gasteiger partial charge in [0.1, 0.15) is 17.6 Å². The maximum absolute atomic E-state index is 2.41. The first-order chi connectivity index (χ1) is 14.7. The van der Waals surface area contributed by atoms with Crippen molar-refractivity contribution in [3.8, 4) is 22.3 Å². The van der Waals surface area contributed by atoms with Crippen LogP contribution in [0, 0.1) is 13.8 Å². The monoisotopic (exact) mass is 416 g/mol. The third kappa shape index (κ3) is 2.57. The smallest absolute Gasteiger partial charge is 0.0623 e. The lowest BCUT2D eigenvalue weighted by Crippen LogP contribution is -2.43. The van der Waals surface area contributed by atoms with Crippen LogP contribution in [0.1, 0.15) is 11.1 Å². The molecule has 0 amide bonds. The van der Waals surface area contributed by atoms with Gasteiger partial charge in [-0.2, -0.15) is 0 Å². The zero-order valence-electron chi connectivity index (χ0n) is 17.5. The van der Waals surface area contributed by atoms with Gasteiger partial charge in [0.15, 0.2) is 0 Å². The summed E-state index contributed by atoms with van der Waals surface area (Å²) in [6.07, 6.45) is 0. The molecule has 0 saturated carbocycles. The molecular weight excluding hydrogens is 392 g/mol. The van der Waals surface area contributed by atoms with E-state index in [2.05, 4.69) is 98.8 Å². The van der Waals surface area contributed by atoms with Gasteiger partial charge in [-0.05, 0) is 68.0 Å². The average Bonchev–Trinajstić information content (AvgIpc) is 3.27. The van der Waals surface area contributed by atoms with Crippen molar-refractivity contribution in [2.24, 2.45) is 0 Å². The highest BCUT2D eigenvalue weighted by molar-refractivity contribution is 6.93. The first-order valence-corrected chi connectivity index (χ1v) is 14.3. The van der Waals surface area contributed by atoms with Crippen molar-refractivity contribution in [3.05, 3.63) is 96.1 Å². The second-order valence-electron chi connectivity index (χ2n) is 8.54. The number of rotatable bonds is 3. The fourth-order valence-electron chi connectivity index (χ4n) is 5.56. The van der Waals surface area contributed by atoms with E-state index in [-0.39, 0.29) is 0 Å². The molecule has 4 aromatic rings. The average molecular weight is 417 g/mol. The first kappa shape index (κ1) is 18.1. The number of hydrogen-bond acceptors (Lipinski definition) is 0. The normalized spacial score (nSPS) is 14.3. The number of aryl methyl sites for hydroxylation is 2. The molecule has 2 aliphatic heterocycles. The van der Waals surface area contributed by atoms with Gasteiger partial charge in [-0.1, -0.05) is 97.0 Å². The maximum atomic E-state index is 2.41. The van der Waals surface area contributed by atoms with Crippen LogP contribution in [0.3, 0.4) is 0 Å². The molecule has 0 bridgehead atoms. The van der Waals surface area contributed by atoms with Crippen molar-refractivity contribution < 1.29 is 0 Å². The summed E-state index contributed by atoms with van der Waals surface area (Å²) in [5.41, 5.74) is 8.92. The molecule has 2 radical (unpaired) electrons. The molecule has 0 fully saturated rings. The van der Waals surface area contributed by atoms with Gasteiger partial charge in [0.2, 0.25) is 0 Å². The van der Waals surface area contributed by atoms with Gasteiger partial charge in [-0.15, -0.1) is 0 Å². The fourth-order valence-corrected chi connectivity index (χ4v) is 12.7. The predicted octanol–water partition coefficient (Wildman–Crippen LogP) is 4.18. The summed E-state index contributed by atoms with van der Waals surface area (Å²) in [4.78, 5) is 0. The zero-order valence-corrected chi connectivity index (χ0v) is 19.5. The summed E-state index contributed by atoms with van der Waals surface area (Å²) in [7, 11) is -1.45. The Hall–Kier alpha value is -2.69. The van der Waals surface area contributed by atoms with E-state index in [1.165, 1.54) is 45.5 Å². The lowest BCUT2D eigenvalue weighted by atomic mass is 10.0. The van der Waals surface area contributed by atoms with E-state index >= 15 is 0 Å². The zero-order chi connectivity index (χ0) is 20.2. The molecule has 2 heteroatoms. The third-order valence-electron chi connectivity index (χ3n) is 6.86. The molecule has 2 heterocycles. The van der Waals surface area contributed by atoms with Crippen LogP contribution in [0.15, 0.2) is 84.9 Å². The second-order valence-corrected chi connectivity index (χ2v) is 13.6. The van der Waals surface area contributed by atoms with Crippen molar-refractivity contribution in [3.63, 3.8) is 0 Å². The van der Waals surface area contributed by atoms with Gasteiger partial charge in [-0.25, -0.2) is 0 Å². The summed E-state index contributed by atoms with van der Waals surface area (Å²) in [6.45, 7) is 4.55. The molecule has 0 nitrogen and oxygen atoms in total. The van der Waals surface area contributed by atoms with Crippen LogP contribution in [0.4, 0.5) is 0 Å². The van der Waals surface area contributed by atoms with Crippen molar-refractivity contribution in [2.45, 2.75) is 25.9 Å². The highest BCUT2D eigenvalue weighted by Crippen LogP contribution is 2.30. The maximum Gasteiger partial charge on any atom is 0.122 e. The Morgan fingerprint density at radius 3 is 1.33 bits per heavy atom. The molecule has 0 atom stereocenters. The van der Waals surface area contributed by atoms with Crippen LogP contribution >= 0.6 is 0 Å². The van der Waals surface area contributed by atoms with E-state index in [0.717, 1.165) is 0 Å². The van der Waals surface area contributed by atoms with Crippen LogP contribution < -0.4 is 20.7 Å². The molecule has 0 spiro atoms. The third-order valence-corrected chi connectivity index (χ3v) is 13.2. The van der Waals surface area contributed by atoms with Gasteiger partial charge < -0.3 is 0 Å². The minimum atomic E-state index is -0.723. The molecule has 4 aromatic carbocycles. The van der Waals surface area contributed by atoms with Gasteiger partial charge >= 0.3 is 0 Å². The minimum absolute atomic E-state index is 0.723. The highest BCUT2D eigenvalue weighted by atomic mass is 28.3. The molecule has 0 N–H and O–H groups in total. The Kier molecular flexibility index (Phi) is 4.19. The van der Waals surface area contributed by atoms with Crippen LogP contribution in [-0.4, -0.2) is 17.6 Å². The summed E-state index contributed by atoms with van der Waals surface area (Å²) < 4.78 is 0. The summed E-state index contributed by atoms with van der Waals surface area (Å²) in [5.74, 6) is 0. The summed E-state index contributed by atoms with van der Waals surface area (Å²) in [6, 6.07) is 35.0. The van der Waals surface area contributed by atoms with Crippen molar-refractivity contribution >= 4 is 38.3 Å². The Labute approximate surface area is 182 Å². The van der Waals surface area contributed by atoms with Crippen LogP contribution in [-0.2, 0) is 0 Å². The van der Waals surface area contributed by atoms with Gasteiger partial charge in [0.25, 0.3) is 0 Å². The molecule has 2 aliphatic rings. The topological polar surface area (TPSA) is 0 Å².